The molecule has 0 aromatic heterocycles. The molecule has 0 aliphatic carbocycles. The van der Waals surface area contributed by atoms with Crippen molar-refractivity contribution >= 4 is 5.97 Å². The number of ether oxygens (including phenoxy) is 2. The Bertz CT molecular complexity index is 321. The van der Waals surface area contributed by atoms with E-state index in [9.17, 15) is 4.79 Å². The van der Waals surface area contributed by atoms with Crippen LogP contribution in [0.1, 0.15) is 84.0 Å². The summed E-state index contributed by atoms with van der Waals surface area (Å²) >= 11 is 0. The van der Waals surface area contributed by atoms with Crippen molar-refractivity contribution in [3.8, 4) is 0 Å². The third kappa shape index (κ3) is 19.0. The van der Waals surface area contributed by atoms with Crippen LogP contribution in [0.15, 0.2) is 24.3 Å². The maximum atomic E-state index is 11.4. The summed E-state index contributed by atoms with van der Waals surface area (Å²) in [6.45, 7) is 3.09. The highest BCUT2D eigenvalue weighted by molar-refractivity contribution is 5.69. The number of hydrogen-bond acceptors (Lipinski definition) is 3. The number of carbonyl (C=O) groups is 1. The SMILES string of the molecule is CCCCC/C=C/C/C=C/CCCCCCCC(=O)OCCOC. The van der Waals surface area contributed by atoms with Gasteiger partial charge in [-0.15, -0.1) is 0 Å². The molecule has 0 spiro atoms. The van der Waals surface area contributed by atoms with Crippen molar-refractivity contribution in [3.63, 3.8) is 0 Å². The van der Waals surface area contributed by atoms with E-state index in [1.54, 1.807) is 7.11 Å². The Hall–Kier alpha value is -1.09. The predicted octanol–water partition coefficient (Wildman–Crippen LogP) is 5.99. The lowest BCUT2D eigenvalue weighted by Crippen LogP contribution is -2.09. The normalized spacial score (nSPS) is 11.6. The van der Waals surface area contributed by atoms with E-state index < -0.39 is 0 Å². The molecule has 0 radical (unpaired) electrons. The van der Waals surface area contributed by atoms with Crippen molar-refractivity contribution in [2.75, 3.05) is 20.3 Å². The van der Waals surface area contributed by atoms with Gasteiger partial charge in [0.1, 0.15) is 6.61 Å². The minimum absolute atomic E-state index is 0.0993. The molecule has 0 atom stereocenters. The van der Waals surface area contributed by atoms with Gasteiger partial charge in [0.2, 0.25) is 0 Å². The van der Waals surface area contributed by atoms with Gasteiger partial charge in [-0.2, -0.15) is 0 Å². The molecule has 0 amide bonds. The second-order valence-electron chi connectivity index (χ2n) is 6.19. The summed E-state index contributed by atoms with van der Waals surface area (Å²) in [6.07, 6.45) is 22.8. The Morgan fingerprint density at radius 1 is 0.792 bits per heavy atom. The van der Waals surface area contributed by atoms with Gasteiger partial charge in [0.25, 0.3) is 0 Å². The number of methoxy groups -OCH3 is 1. The molecular weight excluding hydrogens is 300 g/mol. The van der Waals surface area contributed by atoms with E-state index >= 15 is 0 Å². The number of esters is 1. The summed E-state index contributed by atoms with van der Waals surface area (Å²) in [5, 5.41) is 0. The highest BCUT2D eigenvalue weighted by Gasteiger charge is 2.01. The Kier molecular flexibility index (Phi) is 19.0. The second kappa shape index (κ2) is 20.0. The second-order valence-corrected chi connectivity index (χ2v) is 6.19. The van der Waals surface area contributed by atoms with E-state index in [0.29, 0.717) is 19.6 Å². The average Bonchev–Trinajstić information content (AvgIpc) is 2.58. The van der Waals surface area contributed by atoms with Crippen LogP contribution in [0.4, 0.5) is 0 Å². The summed E-state index contributed by atoms with van der Waals surface area (Å²) in [7, 11) is 1.61. The minimum Gasteiger partial charge on any atom is -0.463 e. The van der Waals surface area contributed by atoms with Crippen LogP contribution in [-0.4, -0.2) is 26.3 Å². The van der Waals surface area contributed by atoms with Crippen molar-refractivity contribution in [3.05, 3.63) is 24.3 Å². The van der Waals surface area contributed by atoms with Gasteiger partial charge in [-0.1, -0.05) is 63.3 Å². The predicted molar refractivity (Wildman–Crippen MR) is 102 cm³/mol. The summed E-state index contributed by atoms with van der Waals surface area (Å²) in [5.41, 5.74) is 0. The number of unbranched alkanes of at least 4 members (excludes halogenated alkanes) is 8. The molecule has 0 aliphatic heterocycles. The van der Waals surface area contributed by atoms with Crippen LogP contribution in [0.5, 0.6) is 0 Å². The molecule has 3 heteroatoms. The highest BCUT2D eigenvalue weighted by Crippen LogP contribution is 2.08. The maximum absolute atomic E-state index is 11.4. The number of rotatable bonds is 17. The molecule has 0 aliphatic rings. The molecular formula is C21H38O3. The smallest absolute Gasteiger partial charge is 0.305 e. The van der Waals surface area contributed by atoms with Crippen molar-refractivity contribution in [1.29, 1.82) is 0 Å². The van der Waals surface area contributed by atoms with Gasteiger partial charge in [-0.3, -0.25) is 4.79 Å². The van der Waals surface area contributed by atoms with E-state index in [1.165, 1.54) is 51.4 Å². The summed E-state index contributed by atoms with van der Waals surface area (Å²) in [4.78, 5) is 11.4. The van der Waals surface area contributed by atoms with Crippen molar-refractivity contribution < 1.29 is 14.3 Å². The molecule has 0 bridgehead atoms. The van der Waals surface area contributed by atoms with E-state index in [0.717, 1.165) is 19.3 Å². The first-order valence-corrected chi connectivity index (χ1v) is 9.75. The molecule has 0 rings (SSSR count). The highest BCUT2D eigenvalue weighted by atomic mass is 16.6. The molecule has 0 saturated carbocycles. The third-order valence-corrected chi connectivity index (χ3v) is 3.88. The fourth-order valence-electron chi connectivity index (χ4n) is 2.39. The van der Waals surface area contributed by atoms with Crippen LogP contribution in [-0.2, 0) is 14.3 Å². The Labute approximate surface area is 149 Å². The van der Waals surface area contributed by atoms with Crippen molar-refractivity contribution in [1.82, 2.24) is 0 Å². The first-order chi connectivity index (χ1) is 11.8. The van der Waals surface area contributed by atoms with Gasteiger partial charge in [0, 0.05) is 13.5 Å². The van der Waals surface area contributed by atoms with Gasteiger partial charge in [0.15, 0.2) is 0 Å². The minimum atomic E-state index is -0.0993. The fourth-order valence-corrected chi connectivity index (χ4v) is 2.39. The first-order valence-electron chi connectivity index (χ1n) is 9.75. The summed E-state index contributed by atoms with van der Waals surface area (Å²) in [6, 6.07) is 0. The van der Waals surface area contributed by atoms with Crippen LogP contribution >= 0.6 is 0 Å². The van der Waals surface area contributed by atoms with E-state index in [-0.39, 0.29) is 5.97 Å². The zero-order valence-electron chi connectivity index (χ0n) is 15.9. The van der Waals surface area contributed by atoms with Crippen LogP contribution in [0.25, 0.3) is 0 Å². The zero-order chi connectivity index (χ0) is 17.7. The van der Waals surface area contributed by atoms with Crippen molar-refractivity contribution in [2.24, 2.45) is 0 Å². The lowest BCUT2D eigenvalue weighted by molar-refractivity contribution is -0.145. The van der Waals surface area contributed by atoms with Crippen LogP contribution in [0.2, 0.25) is 0 Å². The van der Waals surface area contributed by atoms with Gasteiger partial charge >= 0.3 is 5.97 Å². The van der Waals surface area contributed by atoms with Gasteiger partial charge in [-0.25, -0.2) is 0 Å². The lowest BCUT2D eigenvalue weighted by atomic mass is 10.1. The van der Waals surface area contributed by atoms with Gasteiger partial charge in [0.05, 0.1) is 6.61 Å². The van der Waals surface area contributed by atoms with Gasteiger partial charge < -0.3 is 9.47 Å². The molecule has 140 valence electrons. The lowest BCUT2D eigenvalue weighted by Gasteiger charge is -2.03. The molecule has 0 fully saturated rings. The molecule has 3 nitrogen and oxygen atoms in total. The van der Waals surface area contributed by atoms with Crippen LogP contribution < -0.4 is 0 Å². The molecule has 0 aromatic rings. The Morgan fingerprint density at radius 3 is 2.08 bits per heavy atom. The number of allylic oxidation sites excluding steroid dienone is 4. The van der Waals surface area contributed by atoms with Crippen LogP contribution in [0, 0.1) is 0 Å². The molecule has 24 heavy (non-hydrogen) atoms. The largest absolute Gasteiger partial charge is 0.463 e. The summed E-state index contributed by atoms with van der Waals surface area (Å²) < 4.78 is 9.86. The summed E-state index contributed by atoms with van der Waals surface area (Å²) in [5.74, 6) is -0.0993. The topological polar surface area (TPSA) is 35.5 Å². The molecule has 0 unspecified atom stereocenters. The number of carbonyl (C=O) groups excluding carboxylic acids is 1. The number of hydrogen-bond donors (Lipinski definition) is 0. The average molecular weight is 339 g/mol. The third-order valence-electron chi connectivity index (χ3n) is 3.88. The molecule has 0 heterocycles. The van der Waals surface area contributed by atoms with E-state index in [2.05, 4.69) is 31.2 Å². The monoisotopic (exact) mass is 338 g/mol. The zero-order valence-corrected chi connectivity index (χ0v) is 15.9. The quantitative estimate of drug-likeness (QED) is 0.186. The Morgan fingerprint density at radius 2 is 1.42 bits per heavy atom. The van der Waals surface area contributed by atoms with Crippen LogP contribution in [0.3, 0.4) is 0 Å². The van der Waals surface area contributed by atoms with Gasteiger partial charge in [-0.05, 0) is 38.5 Å². The Balaban J connectivity index is 3.24. The standard InChI is InChI=1S/C21H38O3/c1-3-4-5-6-7-8-9-10-11-12-13-14-15-16-17-18-21(22)24-20-19-23-2/h7-8,10-11H,3-6,9,12-20H2,1-2H3/b8-7+,11-10+. The van der Waals surface area contributed by atoms with E-state index in [4.69, 9.17) is 9.47 Å². The molecule has 0 saturated heterocycles. The van der Waals surface area contributed by atoms with E-state index in [1.807, 2.05) is 0 Å². The maximum Gasteiger partial charge on any atom is 0.305 e. The fraction of sp³-hybridized carbons (Fsp3) is 0.762. The molecule has 0 aromatic carbocycles. The van der Waals surface area contributed by atoms with Crippen molar-refractivity contribution in [2.45, 2.75) is 84.0 Å². The first kappa shape index (κ1) is 22.9. The molecule has 0 N–H and O–H groups in total.